The third-order valence-electron chi connectivity index (χ3n) is 2.07. The fraction of sp³-hybridized carbons (Fsp3) is 0.222. The van der Waals surface area contributed by atoms with Crippen molar-refractivity contribution in [1.29, 1.82) is 0 Å². The van der Waals surface area contributed by atoms with E-state index >= 15 is 0 Å². The molecular weight excluding hydrogens is 248 g/mol. The van der Waals surface area contributed by atoms with Crippen LogP contribution in [0.1, 0.15) is 10.5 Å². The van der Waals surface area contributed by atoms with Crippen LogP contribution in [0.5, 0.6) is 0 Å². The molecule has 14 heavy (non-hydrogen) atoms. The summed E-state index contributed by atoms with van der Waals surface area (Å²) in [4.78, 5) is 24.5. The first kappa shape index (κ1) is 9.33. The molecule has 5 heteroatoms. The van der Waals surface area contributed by atoms with Crippen LogP contribution in [0.3, 0.4) is 0 Å². The molecule has 72 valence electrons. The number of amides is 2. The predicted molar refractivity (Wildman–Crippen MR) is 52.3 cm³/mol. The second-order valence-electron chi connectivity index (χ2n) is 2.88. The first-order chi connectivity index (χ1) is 6.75. The highest BCUT2D eigenvalue weighted by Gasteiger charge is 2.44. The standard InChI is InChI=1S/C9H8BrN2O2/c10-4-6-12-8(13)7-3-1-2-5-11(7)9(12)14/h1-3,5H,4,6H2/q+1. The Balaban J connectivity index is 2.43. The maximum absolute atomic E-state index is 11.7. The molecule has 1 aromatic rings. The van der Waals surface area contributed by atoms with Crippen molar-refractivity contribution in [3.05, 3.63) is 30.1 Å². The first-order valence-corrected chi connectivity index (χ1v) is 5.30. The Morgan fingerprint density at radius 3 is 2.79 bits per heavy atom. The zero-order chi connectivity index (χ0) is 10.1. The number of carbonyl (C=O) groups is 2. The van der Waals surface area contributed by atoms with Gasteiger partial charge in [0.25, 0.3) is 0 Å². The SMILES string of the molecule is O=C1c2cccc[n+]2C(=O)N1CCBr. The van der Waals surface area contributed by atoms with Crippen molar-refractivity contribution < 1.29 is 14.2 Å². The van der Waals surface area contributed by atoms with Gasteiger partial charge in [0.1, 0.15) is 12.7 Å². The summed E-state index contributed by atoms with van der Waals surface area (Å²) in [7, 11) is 0. The normalized spacial score (nSPS) is 14.8. The van der Waals surface area contributed by atoms with Crippen LogP contribution in [0.2, 0.25) is 0 Å². The highest BCUT2D eigenvalue weighted by Crippen LogP contribution is 2.08. The van der Waals surface area contributed by atoms with Gasteiger partial charge in [0.15, 0.2) is 0 Å². The van der Waals surface area contributed by atoms with E-state index in [0.717, 1.165) is 0 Å². The average Bonchev–Trinajstić information content (AvgIpc) is 2.45. The molecule has 0 N–H and O–H groups in total. The number of carbonyl (C=O) groups excluding carboxylic acids is 2. The number of hydrogen-bond acceptors (Lipinski definition) is 2. The fourth-order valence-corrected chi connectivity index (χ4v) is 1.78. The molecule has 0 aliphatic carbocycles. The molecule has 2 heterocycles. The van der Waals surface area contributed by atoms with Crippen molar-refractivity contribution in [1.82, 2.24) is 4.90 Å². The van der Waals surface area contributed by atoms with Crippen LogP contribution in [-0.4, -0.2) is 28.7 Å². The van der Waals surface area contributed by atoms with E-state index in [9.17, 15) is 9.59 Å². The van der Waals surface area contributed by atoms with Gasteiger partial charge in [-0.3, -0.25) is 0 Å². The molecular formula is C9H8BrN2O2+. The summed E-state index contributed by atoms with van der Waals surface area (Å²) in [5.74, 6) is -0.227. The van der Waals surface area contributed by atoms with Crippen LogP contribution >= 0.6 is 15.9 Å². The summed E-state index contributed by atoms with van der Waals surface area (Å²) in [6.07, 6.45) is 1.60. The van der Waals surface area contributed by atoms with Gasteiger partial charge in [0.05, 0.1) is 0 Å². The number of hydrogen-bond donors (Lipinski definition) is 0. The van der Waals surface area contributed by atoms with Crippen molar-refractivity contribution >= 4 is 27.9 Å². The molecule has 4 nitrogen and oxygen atoms in total. The van der Waals surface area contributed by atoms with E-state index in [-0.39, 0.29) is 11.9 Å². The van der Waals surface area contributed by atoms with Crippen LogP contribution < -0.4 is 4.57 Å². The Morgan fingerprint density at radius 1 is 1.36 bits per heavy atom. The summed E-state index contributed by atoms with van der Waals surface area (Å²) in [6.45, 7) is 0.402. The second-order valence-corrected chi connectivity index (χ2v) is 3.68. The largest absolute Gasteiger partial charge is 0.506 e. The predicted octanol–water partition coefficient (Wildman–Crippen LogP) is 0.793. The Morgan fingerprint density at radius 2 is 2.14 bits per heavy atom. The maximum atomic E-state index is 11.7. The van der Waals surface area contributed by atoms with Gasteiger partial charge in [-0.25, -0.2) is 4.79 Å². The Kier molecular flexibility index (Phi) is 2.33. The van der Waals surface area contributed by atoms with Gasteiger partial charge in [0.2, 0.25) is 5.69 Å². The van der Waals surface area contributed by atoms with Gasteiger partial charge in [-0.2, -0.15) is 14.3 Å². The molecule has 1 aliphatic heterocycles. The van der Waals surface area contributed by atoms with Crippen molar-refractivity contribution in [3.8, 4) is 0 Å². The molecule has 0 saturated carbocycles. The minimum absolute atomic E-state index is 0.227. The van der Waals surface area contributed by atoms with Gasteiger partial charge in [0, 0.05) is 5.33 Å². The van der Waals surface area contributed by atoms with Gasteiger partial charge in [-0.05, 0) is 12.1 Å². The van der Waals surface area contributed by atoms with Crippen molar-refractivity contribution in [3.63, 3.8) is 0 Å². The number of fused-ring (bicyclic) bond motifs is 1. The molecule has 0 aromatic carbocycles. The van der Waals surface area contributed by atoms with Gasteiger partial charge >= 0.3 is 11.9 Å². The van der Waals surface area contributed by atoms with Crippen molar-refractivity contribution in [2.24, 2.45) is 0 Å². The Labute approximate surface area is 89.3 Å². The molecule has 0 fully saturated rings. The summed E-state index contributed by atoms with van der Waals surface area (Å²) >= 11 is 3.20. The second kappa shape index (κ2) is 3.49. The molecule has 2 amide bonds. The molecule has 0 radical (unpaired) electrons. The quantitative estimate of drug-likeness (QED) is 0.580. The van der Waals surface area contributed by atoms with Gasteiger partial charge < -0.3 is 0 Å². The van der Waals surface area contributed by atoms with Crippen LogP contribution in [0.15, 0.2) is 24.4 Å². The molecule has 0 saturated heterocycles. The molecule has 0 atom stereocenters. The maximum Gasteiger partial charge on any atom is 0.506 e. The lowest BCUT2D eigenvalue weighted by Crippen LogP contribution is -2.45. The molecule has 2 rings (SSSR count). The number of pyridine rings is 1. The van der Waals surface area contributed by atoms with E-state index in [0.29, 0.717) is 17.6 Å². The van der Waals surface area contributed by atoms with Crippen LogP contribution in [0.25, 0.3) is 0 Å². The van der Waals surface area contributed by atoms with E-state index in [1.165, 1.54) is 9.47 Å². The minimum atomic E-state index is -0.273. The topological polar surface area (TPSA) is 41.3 Å². The lowest BCUT2D eigenvalue weighted by Gasteiger charge is -1.99. The van der Waals surface area contributed by atoms with E-state index in [2.05, 4.69) is 15.9 Å². The molecule has 1 aromatic heterocycles. The number of halogens is 1. The summed E-state index contributed by atoms with van der Waals surface area (Å²) in [5.41, 5.74) is 0.429. The van der Waals surface area contributed by atoms with E-state index in [4.69, 9.17) is 0 Å². The minimum Gasteiger partial charge on any atom is -0.236 e. The monoisotopic (exact) mass is 255 g/mol. The molecule has 0 bridgehead atoms. The average molecular weight is 256 g/mol. The number of nitrogens with zero attached hydrogens (tertiary/aromatic N) is 2. The molecule has 0 unspecified atom stereocenters. The lowest BCUT2D eigenvalue weighted by molar-refractivity contribution is -0.570. The number of alkyl halides is 1. The lowest BCUT2D eigenvalue weighted by atomic mass is 10.3. The van der Waals surface area contributed by atoms with E-state index in [1.807, 2.05) is 0 Å². The van der Waals surface area contributed by atoms with E-state index < -0.39 is 0 Å². The highest BCUT2D eigenvalue weighted by molar-refractivity contribution is 9.09. The van der Waals surface area contributed by atoms with Gasteiger partial charge in [-0.1, -0.05) is 22.0 Å². The summed E-state index contributed by atoms with van der Waals surface area (Å²) in [5, 5.41) is 0.596. The first-order valence-electron chi connectivity index (χ1n) is 4.18. The highest BCUT2D eigenvalue weighted by atomic mass is 79.9. The fourth-order valence-electron chi connectivity index (χ4n) is 1.42. The Hall–Kier alpha value is -1.23. The number of rotatable bonds is 2. The summed E-state index contributed by atoms with van der Waals surface area (Å²) < 4.78 is 1.37. The van der Waals surface area contributed by atoms with E-state index in [1.54, 1.807) is 24.4 Å². The van der Waals surface area contributed by atoms with Crippen LogP contribution in [0.4, 0.5) is 4.79 Å². The van der Waals surface area contributed by atoms with Gasteiger partial charge in [-0.15, -0.1) is 0 Å². The third kappa shape index (κ3) is 1.24. The smallest absolute Gasteiger partial charge is 0.236 e. The zero-order valence-corrected chi connectivity index (χ0v) is 8.90. The third-order valence-corrected chi connectivity index (χ3v) is 2.42. The zero-order valence-electron chi connectivity index (χ0n) is 7.31. The summed E-state index contributed by atoms with van der Waals surface area (Å²) in [6, 6.07) is 4.85. The van der Waals surface area contributed by atoms with Crippen LogP contribution in [-0.2, 0) is 0 Å². The van der Waals surface area contributed by atoms with Crippen molar-refractivity contribution in [2.75, 3.05) is 11.9 Å². The molecule has 1 aliphatic rings. The number of aromatic nitrogens is 1. The van der Waals surface area contributed by atoms with Crippen molar-refractivity contribution in [2.45, 2.75) is 0 Å². The Bertz CT molecular complexity index is 371. The molecule has 0 spiro atoms. The van der Waals surface area contributed by atoms with Crippen LogP contribution in [0, 0.1) is 0 Å². The number of imide groups is 1.